The average molecular weight is 408 g/mol. The second-order valence-corrected chi connectivity index (χ2v) is 8.48. The minimum atomic E-state index is -2.83. The summed E-state index contributed by atoms with van der Waals surface area (Å²) in [5, 5.41) is 11.5. The maximum atomic E-state index is 13.9. The van der Waals surface area contributed by atoms with Gasteiger partial charge in [-0.05, 0) is 44.1 Å². The number of hydrogen-bond acceptors (Lipinski definition) is 3. The summed E-state index contributed by atoms with van der Waals surface area (Å²) >= 11 is 0. The highest BCUT2D eigenvalue weighted by molar-refractivity contribution is 5.87. The molecule has 1 aromatic carbocycles. The third kappa shape index (κ3) is 4.94. The zero-order valence-corrected chi connectivity index (χ0v) is 17.0. The van der Waals surface area contributed by atoms with Gasteiger partial charge in [0.15, 0.2) is 5.60 Å². The van der Waals surface area contributed by atoms with Crippen molar-refractivity contribution in [2.45, 2.75) is 57.0 Å². The van der Waals surface area contributed by atoms with E-state index in [2.05, 4.69) is 4.99 Å². The van der Waals surface area contributed by atoms with E-state index in [9.17, 15) is 18.7 Å². The fourth-order valence-electron chi connectivity index (χ4n) is 4.62. The molecule has 2 aliphatic rings. The van der Waals surface area contributed by atoms with Crippen molar-refractivity contribution in [1.82, 2.24) is 4.90 Å². The third-order valence-corrected chi connectivity index (χ3v) is 6.33. The summed E-state index contributed by atoms with van der Waals surface area (Å²) < 4.78 is 27.8. The van der Waals surface area contributed by atoms with E-state index in [1.165, 1.54) is 0 Å². The minimum Gasteiger partial charge on any atom is -0.388 e. The van der Waals surface area contributed by atoms with E-state index in [0.717, 1.165) is 19.3 Å². The van der Waals surface area contributed by atoms with Crippen LogP contribution in [0.5, 0.6) is 0 Å². The van der Waals surface area contributed by atoms with E-state index < -0.39 is 29.8 Å². The molecule has 1 saturated carbocycles. The first kappa shape index (κ1) is 21.7. The lowest BCUT2D eigenvalue weighted by molar-refractivity contribution is -0.162. The van der Waals surface area contributed by atoms with Gasteiger partial charge in [-0.15, -0.1) is 0 Å². The number of carbonyl (C=O) groups is 1. The van der Waals surface area contributed by atoms with Crippen molar-refractivity contribution in [2.24, 2.45) is 22.6 Å². The lowest BCUT2D eigenvalue weighted by Crippen LogP contribution is -2.53. The number of alkyl halides is 2. The molecular formula is C22H31F2N3O2. The number of rotatable bonds is 6. The SMILES string of the molecule is CC(N)=NCCC1CCN(C(=O)[C@](O)(c2ccccc2)[C@@H]2CCC(F)(F)C2)CC1. The summed E-state index contributed by atoms with van der Waals surface area (Å²) in [6, 6.07) is 8.57. The van der Waals surface area contributed by atoms with Gasteiger partial charge in [-0.2, -0.15) is 0 Å². The van der Waals surface area contributed by atoms with Gasteiger partial charge in [-0.3, -0.25) is 9.79 Å². The standard InChI is InChI=1S/C22H31F2N3O2/c1-16(25)26-12-8-17-9-13-27(14-10-17)20(28)22(29,18-5-3-2-4-6-18)19-7-11-21(23,24)15-19/h2-6,17,19,29H,7-15H2,1H3,(H2,25,26)/t19-,22+/m1/s1. The number of amidine groups is 1. The van der Waals surface area contributed by atoms with Gasteiger partial charge < -0.3 is 15.7 Å². The molecule has 1 aromatic rings. The molecule has 1 aliphatic carbocycles. The van der Waals surface area contributed by atoms with Crippen molar-refractivity contribution < 1.29 is 18.7 Å². The van der Waals surface area contributed by atoms with Crippen molar-refractivity contribution in [3.05, 3.63) is 35.9 Å². The zero-order valence-electron chi connectivity index (χ0n) is 17.0. The number of nitrogens with two attached hydrogens (primary N) is 1. The number of aliphatic imine (C=N–C) groups is 1. The van der Waals surface area contributed by atoms with Gasteiger partial charge in [0.05, 0.1) is 5.84 Å². The Kier molecular flexibility index (Phi) is 6.56. The molecule has 1 aliphatic heterocycles. The van der Waals surface area contributed by atoms with Crippen molar-refractivity contribution in [3.63, 3.8) is 0 Å². The van der Waals surface area contributed by atoms with Gasteiger partial charge in [0, 0.05) is 38.4 Å². The monoisotopic (exact) mass is 407 g/mol. The average Bonchev–Trinajstić information content (AvgIpc) is 3.08. The number of carbonyl (C=O) groups excluding carboxylic acids is 1. The summed E-state index contributed by atoms with van der Waals surface area (Å²) in [6.45, 7) is 3.48. The molecule has 1 amide bonds. The Morgan fingerprint density at radius 1 is 1.28 bits per heavy atom. The Hall–Kier alpha value is -2.02. The van der Waals surface area contributed by atoms with E-state index in [1.54, 1.807) is 42.2 Å². The number of likely N-dealkylation sites (tertiary alicyclic amines) is 1. The van der Waals surface area contributed by atoms with E-state index in [4.69, 9.17) is 5.73 Å². The Balaban J connectivity index is 1.72. The molecule has 1 saturated heterocycles. The van der Waals surface area contributed by atoms with Gasteiger partial charge in [0.1, 0.15) is 0 Å². The van der Waals surface area contributed by atoms with Crippen LogP contribution in [-0.2, 0) is 10.4 Å². The van der Waals surface area contributed by atoms with Crippen LogP contribution in [-0.4, -0.2) is 47.3 Å². The molecule has 0 bridgehead atoms. The number of nitrogens with zero attached hydrogens (tertiary/aromatic N) is 2. The third-order valence-electron chi connectivity index (χ3n) is 6.33. The quantitative estimate of drug-likeness (QED) is 0.561. The van der Waals surface area contributed by atoms with Gasteiger partial charge in [-0.25, -0.2) is 8.78 Å². The Bertz CT molecular complexity index is 729. The largest absolute Gasteiger partial charge is 0.388 e. The number of halogens is 2. The van der Waals surface area contributed by atoms with Crippen LogP contribution in [0.4, 0.5) is 8.78 Å². The zero-order chi connectivity index (χ0) is 21.1. The summed E-state index contributed by atoms with van der Waals surface area (Å²) in [6.07, 6.45) is 1.93. The summed E-state index contributed by atoms with van der Waals surface area (Å²) in [5.74, 6) is -3.04. The summed E-state index contributed by atoms with van der Waals surface area (Å²) in [4.78, 5) is 19.3. The molecule has 160 valence electrons. The molecule has 7 heteroatoms. The smallest absolute Gasteiger partial charge is 0.259 e. The van der Waals surface area contributed by atoms with Crippen molar-refractivity contribution in [1.29, 1.82) is 0 Å². The normalized spacial score (nSPS) is 25.0. The lowest BCUT2D eigenvalue weighted by atomic mass is 9.78. The molecule has 0 aromatic heterocycles. The molecule has 2 atom stereocenters. The van der Waals surface area contributed by atoms with Crippen LogP contribution in [0.2, 0.25) is 0 Å². The van der Waals surface area contributed by atoms with Crippen LogP contribution < -0.4 is 5.73 Å². The Morgan fingerprint density at radius 2 is 1.93 bits per heavy atom. The highest BCUT2D eigenvalue weighted by Crippen LogP contribution is 2.48. The fourth-order valence-corrected chi connectivity index (χ4v) is 4.62. The minimum absolute atomic E-state index is 0.136. The first-order valence-corrected chi connectivity index (χ1v) is 10.4. The molecule has 0 spiro atoms. The maximum Gasteiger partial charge on any atom is 0.259 e. The fraction of sp³-hybridized carbons (Fsp3) is 0.636. The number of benzene rings is 1. The van der Waals surface area contributed by atoms with Crippen LogP contribution in [0, 0.1) is 11.8 Å². The van der Waals surface area contributed by atoms with Crippen LogP contribution in [0.25, 0.3) is 0 Å². The van der Waals surface area contributed by atoms with Crippen molar-refractivity contribution in [3.8, 4) is 0 Å². The Morgan fingerprint density at radius 3 is 2.48 bits per heavy atom. The topological polar surface area (TPSA) is 78.9 Å². The lowest BCUT2D eigenvalue weighted by Gasteiger charge is -2.40. The predicted molar refractivity (Wildman–Crippen MR) is 109 cm³/mol. The number of amides is 1. The number of hydrogen-bond donors (Lipinski definition) is 2. The van der Waals surface area contributed by atoms with Crippen LogP contribution >= 0.6 is 0 Å². The first-order chi connectivity index (χ1) is 13.7. The highest BCUT2D eigenvalue weighted by Gasteiger charge is 2.54. The molecule has 5 nitrogen and oxygen atoms in total. The molecule has 0 radical (unpaired) electrons. The molecule has 29 heavy (non-hydrogen) atoms. The number of aliphatic hydroxyl groups is 1. The van der Waals surface area contributed by atoms with E-state index >= 15 is 0 Å². The molecule has 1 heterocycles. The Labute approximate surface area is 171 Å². The maximum absolute atomic E-state index is 13.9. The van der Waals surface area contributed by atoms with Crippen molar-refractivity contribution in [2.75, 3.05) is 19.6 Å². The number of piperidine rings is 1. The first-order valence-electron chi connectivity index (χ1n) is 10.4. The van der Waals surface area contributed by atoms with Crippen LogP contribution in [0.1, 0.15) is 51.0 Å². The van der Waals surface area contributed by atoms with Gasteiger partial charge >= 0.3 is 0 Å². The molecule has 2 fully saturated rings. The predicted octanol–water partition coefficient (Wildman–Crippen LogP) is 3.32. The molecule has 3 rings (SSSR count). The summed E-state index contributed by atoms with van der Waals surface area (Å²) in [7, 11) is 0. The van der Waals surface area contributed by atoms with Gasteiger partial charge in [-0.1, -0.05) is 30.3 Å². The van der Waals surface area contributed by atoms with E-state index in [0.29, 0.717) is 37.0 Å². The van der Waals surface area contributed by atoms with E-state index in [1.807, 2.05) is 0 Å². The second-order valence-electron chi connectivity index (χ2n) is 8.48. The van der Waals surface area contributed by atoms with Crippen LogP contribution in [0.15, 0.2) is 35.3 Å². The van der Waals surface area contributed by atoms with Gasteiger partial charge in [0.25, 0.3) is 5.91 Å². The second kappa shape index (κ2) is 8.78. The molecule has 0 unspecified atom stereocenters. The molecule has 3 N–H and O–H groups in total. The van der Waals surface area contributed by atoms with Crippen LogP contribution in [0.3, 0.4) is 0 Å². The van der Waals surface area contributed by atoms with Crippen molar-refractivity contribution >= 4 is 11.7 Å². The van der Waals surface area contributed by atoms with E-state index in [-0.39, 0.29) is 12.8 Å². The summed E-state index contributed by atoms with van der Waals surface area (Å²) in [5.41, 5.74) is 4.07. The van der Waals surface area contributed by atoms with Gasteiger partial charge in [0.2, 0.25) is 5.92 Å². The molecular weight excluding hydrogens is 376 g/mol. The highest BCUT2D eigenvalue weighted by atomic mass is 19.3.